The summed E-state index contributed by atoms with van der Waals surface area (Å²) in [5.41, 5.74) is 1.75. The van der Waals surface area contributed by atoms with Crippen molar-refractivity contribution in [3.63, 3.8) is 0 Å². The first-order valence-corrected chi connectivity index (χ1v) is 9.59. The monoisotopic (exact) mass is 425 g/mol. The molecule has 0 saturated heterocycles. The third kappa shape index (κ3) is 3.76. The number of hydrogen-bond acceptors (Lipinski definition) is 3. The third-order valence-corrected chi connectivity index (χ3v) is 5.13. The molecule has 158 valence electrons. The van der Waals surface area contributed by atoms with E-state index in [9.17, 15) is 18.0 Å². The number of pyridine rings is 1. The van der Waals surface area contributed by atoms with Crippen molar-refractivity contribution < 1.29 is 23.1 Å². The van der Waals surface area contributed by atoms with Crippen LogP contribution in [-0.2, 0) is 12.6 Å². The number of rotatable bonds is 4. The maximum absolute atomic E-state index is 13.9. The van der Waals surface area contributed by atoms with Gasteiger partial charge in [0, 0.05) is 5.56 Å². The van der Waals surface area contributed by atoms with Crippen molar-refractivity contribution in [2.45, 2.75) is 26.4 Å². The Hall–Kier alpha value is -3.68. The molecule has 0 saturated carbocycles. The van der Waals surface area contributed by atoms with Crippen molar-refractivity contribution in [1.82, 2.24) is 14.8 Å². The molecule has 31 heavy (non-hydrogen) atoms. The molecule has 2 aromatic carbocycles. The summed E-state index contributed by atoms with van der Waals surface area (Å²) in [5, 5.41) is 13.3. The fourth-order valence-electron chi connectivity index (χ4n) is 3.50. The molecule has 0 atom stereocenters. The molecule has 5 nitrogen and oxygen atoms in total. The molecule has 2 aromatic heterocycles. The summed E-state index contributed by atoms with van der Waals surface area (Å²) in [7, 11) is 0. The van der Waals surface area contributed by atoms with Gasteiger partial charge in [0.2, 0.25) is 0 Å². The fraction of sp³-hybridized carbons (Fsp3) is 0.174. The van der Waals surface area contributed by atoms with Gasteiger partial charge in [-0.15, -0.1) is 0 Å². The predicted octanol–water partition coefficient (Wildman–Crippen LogP) is 5.68. The molecule has 0 aliphatic heterocycles. The highest BCUT2D eigenvalue weighted by molar-refractivity contribution is 5.89. The zero-order chi connectivity index (χ0) is 22.3. The highest BCUT2D eigenvalue weighted by atomic mass is 19.4. The first-order valence-electron chi connectivity index (χ1n) is 9.59. The van der Waals surface area contributed by atoms with Gasteiger partial charge in [0.1, 0.15) is 0 Å². The van der Waals surface area contributed by atoms with Crippen molar-refractivity contribution in [3.05, 3.63) is 77.0 Å². The molecule has 4 rings (SSSR count). The van der Waals surface area contributed by atoms with Gasteiger partial charge >= 0.3 is 12.1 Å². The van der Waals surface area contributed by atoms with Gasteiger partial charge in [-0.3, -0.25) is 0 Å². The predicted molar refractivity (Wildman–Crippen MR) is 110 cm³/mol. The molecule has 0 bridgehead atoms. The van der Waals surface area contributed by atoms with Crippen molar-refractivity contribution in [2.24, 2.45) is 0 Å². The van der Waals surface area contributed by atoms with Crippen LogP contribution in [0.5, 0.6) is 0 Å². The fourth-order valence-corrected chi connectivity index (χ4v) is 3.50. The van der Waals surface area contributed by atoms with Gasteiger partial charge in [-0.1, -0.05) is 31.2 Å². The summed E-state index contributed by atoms with van der Waals surface area (Å²) < 4.78 is 43.1. The number of carboxylic acids is 1. The van der Waals surface area contributed by atoms with Crippen LogP contribution in [0.3, 0.4) is 0 Å². The lowest BCUT2D eigenvalue weighted by molar-refractivity contribution is -0.136. The van der Waals surface area contributed by atoms with Gasteiger partial charge < -0.3 is 5.11 Å². The van der Waals surface area contributed by atoms with Crippen LogP contribution >= 0.6 is 0 Å². The smallest absolute Gasteiger partial charge is 0.417 e. The van der Waals surface area contributed by atoms with Crippen LogP contribution in [0, 0.1) is 6.92 Å². The van der Waals surface area contributed by atoms with E-state index in [1.807, 2.05) is 19.1 Å². The maximum Gasteiger partial charge on any atom is 0.417 e. The van der Waals surface area contributed by atoms with Crippen molar-refractivity contribution in [2.75, 3.05) is 0 Å². The Morgan fingerprint density at radius 1 is 1.06 bits per heavy atom. The summed E-state index contributed by atoms with van der Waals surface area (Å²) in [4.78, 5) is 15.6. The van der Waals surface area contributed by atoms with Gasteiger partial charge in [-0.25, -0.2) is 14.5 Å². The summed E-state index contributed by atoms with van der Waals surface area (Å²) in [6.45, 7) is 3.50. The number of benzene rings is 2. The maximum atomic E-state index is 13.9. The summed E-state index contributed by atoms with van der Waals surface area (Å²) in [6.07, 6.45) is -3.77. The number of aryl methyl sites for hydroxylation is 2. The Bertz CT molecular complexity index is 1270. The second-order valence-electron chi connectivity index (χ2n) is 7.15. The van der Waals surface area contributed by atoms with Gasteiger partial charge in [0.05, 0.1) is 33.6 Å². The van der Waals surface area contributed by atoms with Crippen molar-refractivity contribution >= 4 is 17.0 Å². The number of carboxylic acid groups (broad SMARTS) is 1. The first kappa shape index (κ1) is 20.6. The van der Waals surface area contributed by atoms with E-state index in [1.54, 1.807) is 12.1 Å². The van der Waals surface area contributed by atoms with E-state index in [-0.39, 0.29) is 28.0 Å². The molecular weight excluding hydrogens is 407 g/mol. The number of alkyl halides is 3. The first-order chi connectivity index (χ1) is 14.7. The van der Waals surface area contributed by atoms with Gasteiger partial charge in [0.15, 0.2) is 5.65 Å². The second kappa shape index (κ2) is 7.54. The van der Waals surface area contributed by atoms with Crippen molar-refractivity contribution in [1.29, 1.82) is 0 Å². The Labute approximate surface area is 175 Å². The molecule has 1 N–H and O–H groups in total. The minimum absolute atomic E-state index is 0.0602. The quantitative estimate of drug-likeness (QED) is 0.457. The number of aromatic carboxylic acids is 1. The highest BCUT2D eigenvalue weighted by Gasteiger charge is 2.35. The van der Waals surface area contributed by atoms with E-state index in [1.165, 1.54) is 35.9 Å². The topological polar surface area (TPSA) is 68.0 Å². The molecule has 2 heterocycles. The molecule has 8 heteroatoms. The molecular formula is C23H18F3N3O2. The zero-order valence-corrected chi connectivity index (χ0v) is 16.7. The van der Waals surface area contributed by atoms with Crippen LogP contribution in [0.15, 0.2) is 54.6 Å². The summed E-state index contributed by atoms with van der Waals surface area (Å²) >= 11 is 0. The Balaban J connectivity index is 1.97. The van der Waals surface area contributed by atoms with Gasteiger partial charge in [0.25, 0.3) is 0 Å². The number of aromatic nitrogens is 3. The minimum Gasteiger partial charge on any atom is -0.478 e. The largest absolute Gasteiger partial charge is 0.478 e. The Kier molecular flexibility index (Phi) is 5.00. The van der Waals surface area contributed by atoms with Crippen LogP contribution in [0.1, 0.15) is 34.1 Å². The lowest BCUT2D eigenvalue weighted by Crippen LogP contribution is -2.08. The lowest BCUT2D eigenvalue weighted by Gasteiger charge is -2.12. The Morgan fingerprint density at radius 3 is 2.26 bits per heavy atom. The normalized spacial score (nSPS) is 11.8. The molecule has 0 unspecified atom stereocenters. The van der Waals surface area contributed by atoms with E-state index in [0.717, 1.165) is 18.1 Å². The number of halogens is 3. The summed E-state index contributed by atoms with van der Waals surface area (Å²) in [5.74, 6) is -1.09. The molecule has 0 aliphatic rings. The Morgan fingerprint density at radius 2 is 1.71 bits per heavy atom. The van der Waals surface area contributed by atoms with Crippen LogP contribution < -0.4 is 0 Å². The van der Waals surface area contributed by atoms with Gasteiger partial charge in [-0.2, -0.15) is 18.3 Å². The lowest BCUT2D eigenvalue weighted by atomic mass is 10.0. The van der Waals surface area contributed by atoms with E-state index < -0.39 is 17.7 Å². The number of nitrogens with zero attached hydrogens (tertiary/aromatic N) is 3. The van der Waals surface area contributed by atoms with E-state index in [2.05, 4.69) is 10.1 Å². The highest BCUT2D eigenvalue weighted by Crippen LogP contribution is 2.38. The molecule has 0 fully saturated rings. The van der Waals surface area contributed by atoms with Crippen LogP contribution in [-0.4, -0.2) is 25.8 Å². The second-order valence-corrected chi connectivity index (χ2v) is 7.15. The van der Waals surface area contributed by atoms with Crippen LogP contribution in [0.4, 0.5) is 13.2 Å². The molecule has 4 aromatic rings. The van der Waals surface area contributed by atoms with Crippen LogP contribution in [0.25, 0.3) is 28.0 Å². The number of hydrogen-bond donors (Lipinski definition) is 1. The van der Waals surface area contributed by atoms with E-state index >= 15 is 0 Å². The zero-order valence-electron chi connectivity index (χ0n) is 16.7. The van der Waals surface area contributed by atoms with Crippen LogP contribution in [0.2, 0.25) is 0 Å². The van der Waals surface area contributed by atoms with Crippen molar-refractivity contribution in [3.8, 4) is 16.9 Å². The standard InChI is InChI=1S/C23H18F3N3O2/c1-3-14-4-6-15(7-5-14)19-12-18(23(24,25)26)20-13(2)28-29(21(20)27-19)17-10-8-16(9-11-17)22(30)31/h4-12H,3H2,1-2H3,(H,30,31). The average molecular weight is 425 g/mol. The number of carbonyl (C=O) groups is 1. The minimum atomic E-state index is -4.59. The van der Waals surface area contributed by atoms with Gasteiger partial charge in [-0.05, 0) is 49.2 Å². The third-order valence-electron chi connectivity index (χ3n) is 5.13. The summed E-state index contributed by atoms with van der Waals surface area (Å²) in [6, 6.07) is 14.0. The van der Waals surface area contributed by atoms with E-state index in [4.69, 9.17) is 5.11 Å². The average Bonchev–Trinajstić information content (AvgIpc) is 3.09. The molecule has 0 spiro atoms. The number of fused-ring (bicyclic) bond motifs is 1. The molecule has 0 radical (unpaired) electrons. The molecule has 0 amide bonds. The SMILES string of the molecule is CCc1ccc(-c2cc(C(F)(F)F)c3c(C)nn(-c4ccc(C(=O)O)cc4)c3n2)cc1. The van der Waals surface area contributed by atoms with E-state index in [0.29, 0.717) is 11.3 Å². The molecule has 0 aliphatic carbocycles.